The first-order valence-corrected chi connectivity index (χ1v) is 10.1. The normalized spacial score (nSPS) is 13.9. The molecule has 1 aliphatic rings. The Bertz CT molecular complexity index is 1240. The monoisotopic (exact) mass is 399 g/mol. The highest BCUT2D eigenvalue weighted by molar-refractivity contribution is 6.05. The molecule has 0 N–H and O–H groups in total. The van der Waals surface area contributed by atoms with Crippen molar-refractivity contribution in [3.05, 3.63) is 76.8 Å². The summed E-state index contributed by atoms with van der Waals surface area (Å²) >= 11 is 0. The number of aromatic nitrogens is 3. The molecule has 4 aromatic rings. The zero-order chi connectivity index (χ0) is 20.7. The van der Waals surface area contributed by atoms with E-state index in [1.807, 2.05) is 55.5 Å². The highest BCUT2D eigenvalue weighted by Crippen LogP contribution is 2.32. The van der Waals surface area contributed by atoms with Crippen LogP contribution >= 0.6 is 0 Å². The Hall–Kier alpha value is -3.54. The summed E-state index contributed by atoms with van der Waals surface area (Å²) in [6.45, 7) is 3.76. The van der Waals surface area contributed by atoms with Crippen molar-refractivity contribution in [3.63, 3.8) is 0 Å². The molecule has 6 heteroatoms. The van der Waals surface area contributed by atoms with Gasteiger partial charge >= 0.3 is 5.97 Å². The van der Waals surface area contributed by atoms with E-state index in [1.54, 1.807) is 6.92 Å². The average molecular weight is 399 g/mol. The first-order chi connectivity index (χ1) is 14.6. The molecule has 0 spiro atoms. The number of para-hydroxylation sites is 1. The number of benzene rings is 2. The fourth-order valence-electron chi connectivity index (χ4n) is 3.93. The number of esters is 1. The van der Waals surface area contributed by atoms with Crippen molar-refractivity contribution in [2.24, 2.45) is 0 Å². The van der Waals surface area contributed by atoms with Crippen molar-refractivity contribution in [1.29, 1.82) is 0 Å². The van der Waals surface area contributed by atoms with Crippen molar-refractivity contribution < 1.29 is 13.9 Å². The Morgan fingerprint density at radius 2 is 1.87 bits per heavy atom. The van der Waals surface area contributed by atoms with E-state index in [4.69, 9.17) is 14.1 Å². The Morgan fingerprint density at radius 3 is 2.70 bits per heavy atom. The maximum atomic E-state index is 13.2. The molecule has 2 aromatic heterocycles. The van der Waals surface area contributed by atoms with Gasteiger partial charge in [0, 0.05) is 16.6 Å². The first kappa shape index (κ1) is 18.5. The number of carbonyl (C=O) groups is 1. The average Bonchev–Trinajstić information content (AvgIpc) is 3.42. The molecule has 1 atom stereocenters. The Morgan fingerprint density at radius 1 is 1.07 bits per heavy atom. The van der Waals surface area contributed by atoms with Crippen LogP contribution in [0.5, 0.6) is 0 Å². The topological polar surface area (TPSA) is 78.1 Å². The highest BCUT2D eigenvalue weighted by Gasteiger charge is 2.27. The zero-order valence-corrected chi connectivity index (χ0v) is 16.9. The van der Waals surface area contributed by atoms with E-state index in [0.717, 1.165) is 52.5 Å². The van der Waals surface area contributed by atoms with Crippen LogP contribution in [0.25, 0.3) is 22.4 Å². The van der Waals surface area contributed by atoms with E-state index in [2.05, 4.69) is 10.2 Å². The molecule has 0 saturated carbocycles. The minimum absolute atomic E-state index is 0.272. The van der Waals surface area contributed by atoms with Crippen molar-refractivity contribution >= 4 is 16.9 Å². The Labute approximate surface area is 173 Å². The van der Waals surface area contributed by atoms with E-state index >= 15 is 0 Å². The molecule has 0 saturated heterocycles. The molecule has 150 valence electrons. The Kier molecular flexibility index (Phi) is 4.54. The number of pyridine rings is 1. The quantitative estimate of drug-likeness (QED) is 0.449. The smallest absolute Gasteiger partial charge is 0.339 e. The lowest BCUT2D eigenvalue weighted by Gasteiger charge is -2.14. The third-order valence-electron chi connectivity index (χ3n) is 5.49. The minimum Gasteiger partial charge on any atom is -0.449 e. The van der Waals surface area contributed by atoms with Crippen LogP contribution in [0.4, 0.5) is 0 Å². The molecule has 6 nitrogen and oxygen atoms in total. The summed E-state index contributed by atoms with van der Waals surface area (Å²) < 4.78 is 11.5. The van der Waals surface area contributed by atoms with Gasteiger partial charge in [-0.2, -0.15) is 0 Å². The number of aryl methyl sites for hydroxylation is 2. The van der Waals surface area contributed by atoms with Gasteiger partial charge in [-0.25, -0.2) is 4.79 Å². The molecule has 0 amide bonds. The van der Waals surface area contributed by atoms with Crippen molar-refractivity contribution in [2.45, 2.75) is 39.2 Å². The van der Waals surface area contributed by atoms with E-state index in [-0.39, 0.29) is 11.9 Å². The number of hydrogen-bond donors (Lipinski definition) is 0. The number of nitrogens with zero attached hydrogens (tertiary/aromatic N) is 3. The fourth-order valence-corrected chi connectivity index (χ4v) is 3.93. The van der Waals surface area contributed by atoms with Crippen LogP contribution in [0.1, 0.15) is 52.5 Å². The van der Waals surface area contributed by atoms with Crippen molar-refractivity contribution in [1.82, 2.24) is 15.2 Å². The molecular weight excluding hydrogens is 378 g/mol. The number of ether oxygens (including phenoxy) is 1. The lowest BCUT2D eigenvalue weighted by molar-refractivity contribution is 0.0281. The van der Waals surface area contributed by atoms with Crippen molar-refractivity contribution in [2.75, 3.05) is 0 Å². The standard InChI is InChI=1S/C24H21N3O3/c1-14-10-12-16(13-11-14)23-27-26-22(30-23)15(2)29-24(28)21-17-6-3-4-8-19(17)25-20-9-5-7-18(20)21/h3-4,6,8,10-13,15H,5,7,9H2,1-2H3/t15-/m0/s1. The van der Waals surface area contributed by atoms with Crippen LogP contribution in [0.15, 0.2) is 52.9 Å². The molecule has 0 unspecified atom stereocenters. The van der Waals surface area contributed by atoms with Gasteiger partial charge in [-0.05, 0) is 56.9 Å². The summed E-state index contributed by atoms with van der Waals surface area (Å²) in [7, 11) is 0. The zero-order valence-electron chi connectivity index (χ0n) is 16.9. The van der Waals surface area contributed by atoms with E-state index in [0.29, 0.717) is 11.5 Å². The lowest BCUT2D eigenvalue weighted by atomic mass is 10.0. The number of hydrogen-bond acceptors (Lipinski definition) is 6. The Balaban J connectivity index is 1.43. The summed E-state index contributed by atoms with van der Waals surface area (Å²) in [4.78, 5) is 17.9. The maximum absolute atomic E-state index is 13.2. The van der Waals surface area contributed by atoms with Crippen LogP contribution < -0.4 is 0 Å². The SMILES string of the molecule is Cc1ccc(-c2nnc([C@H](C)OC(=O)c3c4c(nc5ccccc35)CCC4)o2)cc1. The van der Waals surface area contributed by atoms with Gasteiger partial charge in [0.2, 0.25) is 5.89 Å². The summed E-state index contributed by atoms with van der Waals surface area (Å²) in [5, 5.41) is 9.02. The molecule has 2 aromatic carbocycles. The van der Waals surface area contributed by atoms with E-state index in [1.165, 1.54) is 0 Å². The molecule has 30 heavy (non-hydrogen) atoms. The summed E-state index contributed by atoms with van der Waals surface area (Å²) in [5.74, 6) is 0.298. The van der Waals surface area contributed by atoms with Crippen LogP contribution in [0.3, 0.4) is 0 Å². The van der Waals surface area contributed by atoms with Crippen LogP contribution in [0.2, 0.25) is 0 Å². The molecule has 0 bridgehead atoms. The molecular formula is C24H21N3O3. The molecule has 0 fully saturated rings. The second-order valence-corrected chi connectivity index (χ2v) is 7.64. The predicted octanol–water partition coefficient (Wildman–Crippen LogP) is 5.00. The minimum atomic E-state index is -0.659. The molecule has 1 aliphatic carbocycles. The molecule has 2 heterocycles. The highest BCUT2D eigenvalue weighted by atomic mass is 16.6. The van der Waals surface area contributed by atoms with Gasteiger partial charge in [-0.1, -0.05) is 35.9 Å². The largest absolute Gasteiger partial charge is 0.449 e. The van der Waals surface area contributed by atoms with E-state index in [9.17, 15) is 4.79 Å². The van der Waals surface area contributed by atoms with Gasteiger partial charge in [-0.15, -0.1) is 10.2 Å². The van der Waals surface area contributed by atoms with Gasteiger partial charge in [0.25, 0.3) is 5.89 Å². The molecule has 0 radical (unpaired) electrons. The second kappa shape index (κ2) is 7.37. The predicted molar refractivity (Wildman–Crippen MR) is 112 cm³/mol. The summed E-state index contributed by atoms with van der Waals surface area (Å²) in [5.41, 5.74) is 5.40. The van der Waals surface area contributed by atoms with Gasteiger partial charge in [0.1, 0.15) is 0 Å². The molecule has 0 aliphatic heterocycles. The fraction of sp³-hybridized carbons (Fsp3) is 0.250. The van der Waals surface area contributed by atoms with Gasteiger partial charge in [-0.3, -0.25) is 4.98 Å². The molecule has 5 rings (SSSR count). The number of fused-ring (bicyclic) bond motifs is 2. The second-order valence-electron chi connectivity index (χ2n) is 7.64. The van der Waals surface area contributed by atoms with Gasteiger partial charge in [0.05, 0.1) is 11.1 Å². The van der Waals surface area contributed by atoms with Crippen LogP contribution in [0, 0.1) is 6.92 Å². The third-order valence-corrected chi connectivity index (χ3v) is 5.49. The first-order valence-electron chi connectivity index (χ1n) is 10.1. The summed E-state index contributed by atoms with van der Waals surface area (Å²) in [6.07, 6.45) is 2.06. The maximum Gasteiger partial charge on any atom is 0.339 e. The summed E-state index contributed by atoms with van der Waals surface area (Å²) in [6, 6.07) is 15.5. The van der Waals surface area contributed by atoms with Gasteiger partial charge < -0.3 is 9.15 Å². The number of carbonyl (C=O) groups excluding carboxylic acids is 1. The van der Waals surface area contributed by atoms with Crippen molar-refractivity contribution in [3.8, 4) is 11.5 Å². The van der Waals surface area contributed by atoms with Crippen LogP contribution in [-0.4, -0.2) is 21.2 Å². The van der Waals surface area contributed by atoms with Gasteiger partial charge in [0.15, 0.2) is 6.10 Å². The third kappa shape index (κ3) is 3.24. The van der Waals surface area contributed by atoms with E-state index < -0.39 is 6.10 Å². The number of rotatable bonds is 4. The van der Waals surface area contributed by atoms with Crippen LogP contribution in [-0.2, 0) is 17.6 Å². The lowest BCUT2D eigenvalue weighted by Crippen LogP contribution is -2.13.